The molecule has 0 aliphatic carbocycles. The van der Waals surface area contributed by atoms with E-state index in [1.54, 1.807) is 30.3 Å². The van der Waals surface area contributed by atoms with Crippen LogP contribution in [0.1, 0.15) is 17.3 Å². The normalized spacial score (nSPS) is 10.0. The second kappa shape index (κ2) is 8.68. The third kappa shape index (κ3) is 5.20. The molecule has 3 N–H and O–H groups in total. The first-order chi connectivity index (χ1) is 12.0. The monoisotopic (exact) mass is 345 g/mol. The highest BCUT2D eigenvalue weighted by Crippen LogP contribution is 2.20. The lowest BCUT2D eigenvalue weighted by molar-refractivity contribution is -0.114. The van der Waals surface area contributed by atoms with Gasteiger partial charge in [-0.2, -0.15) is 0 Å². The summed E-state index contributed by atoms with van der Waals surface area (Å²) in [5.41, 5.74) is 1.44. The predicted molar refractivity (Wildman–Crippen MR) is 94.5 cm³/mol. The highest BCUT2D eigenvalue weighted by molar-refractivity contribution is 5.98. The van der Waals surface area contributed by atoms with Gasteiger partial charge >= 0.3 is 0 Å². The molecule has 2 rings (SSSR count). The van der Waals surface area contributed by atoms with Gasteiger partial charge in [0.2, 0.25) is 5.91 Å². The number of hydrogen-bond donors (Lipinski definition) is 3. The number of hydrogen-bond acceptors (Lipinski definition) is 4. The Morgan fingerprint density at radius 1 is 1.12 bits per heavy atom. The van der Waals surface area contributed by atoms with E-state index in [2.05, 4.69) is 16.0 Å². The highest BCUT2D eigenvalue weighted by atomic mass is 19.1. The topological polar surface area (TPSA) is 79.5 Å². The lowest BCUT2D eigenvalue weighted by atomic mass is 10.2. The first-order valence-electron chi connectivity index (χ1n) is 7.79. The number of carbonyl (C=O) groups excluding carboxylic acids is 2. The molecule has 0 unspecified atom stereocenters. The first-order valence-corrected chi connectivity index (χ1v) is 7.79. The molecule has 0 radical (unpaired) electrons. The van der Waals surface area contributed by atoms with Gasteiger partial charge in [-0.25, -0.2) is 4.39 Å². The van der Waals surface area contributed by atoms with Crippen molar-refractivity contribution in [3.8, 4) is 5.75 Å². The van der Waals surface area contributed by atoms with Gasteiger partial charge in [0.1, 0.15) is 0 Å². The Morgan fingerprint density at radius 3 is 2.60 bits per heavy atom. The van der Waals surface area contributed by atoms with Gasteiger partial charge in [0.05, 0.1) is 13.7 Å². The maximum atomic E-state index is 13.6. The SMILES string of the molecule is CCNC(=O)c1cccc(NC(=O)CNc2ccc(OC)c(F)c2)c1. The van der Waals surface area contributed by atoms with Crippen molar-refractivity contribution in [2.75, 3.05) is 30.8 Å². The van der Waals surface area contributed by atoms with Crippen LogP contribution in [0.15, 0.2) is 42.5 Å². The summed E-state index contributed by atoms with van der Waals surface area (Å²) >= 11 is 0. The number of methoxy groups -OCH3 is 1. The maximum absolute atomic E-state index is 13.6. The second-order valence-electron chi connectivity index (χ2n) is 5.19. The minimum atomic E-state index is -0.512. The molecule has 0 aliphatic rings. The molecule has 0 heterocycles. The Labute approximate surface area is 145 Å². The van der Waals surface area contributed by atoms with E-state index in [9.17, 15) is 14.0 Å². The Kier molecular flexibility index (Phi) is 6.33. The average molecular weight is 345 g/mol. The highest BCUT2D eigenvalue weighted by Gasteiger charge is 2.08. The first kappa shape index (κ1) is 18.3. The number of ether oxygens (including phenoxy) is 1. The number of halogens is 1. The van der Waals surface area contributed by atoms with Gasteiger partial charge in [0, 0.05) is 29.5 Å². The zero-order chi connectivity index (χ0) is 18.2. The molecular formula is C18H20FN3O3. The largest absolute Gasteiger partial charge is 0.494 e. The van der Waals surface area contributed by atoms with Crippen LogP contribution < -0.4 is 20.7 Å². The fraction of sp³-hybridized carbons (Fsp3) is 0.222. The van der Waals surface area contributed by atoms with Gasteiger partial charge in [-0.1, -0.05) is 6.07 Å². The van der Waals surface area contributed by atoms with Crippen molar-refractivity contribution >= 4 is 23.2 Å². The maximum Gasteiger partial charge on any atom is 0.251 e. The third-order valence-electron chi connectivity index (χ3n) is 3.35. The molecule has 0 bridgehead atoms. The summed E-state index contributed by atoms with van der Waals surface area (Å²) in [5, 5.41) is 8.21. The number of amides is 2. The second-order valence-corrected chi connectivity index (χ2v) is 5.19. The van der Waals surface area contributed by atoms with Crippen LogP contribution in [0, 0.1) is 5.82 Å². The Morgan fingerprint density at radius 2 is 1.92 bits per heavy atom. The Bertz CT molecular complexity index is 765. The van der Waals surface area contributed by atoms with Crippen LogP contribution in [-0.4, -0.2) is 32.0 Å². The molecule has 132 valence electrons. The molecule has 25 heavy (non-hydrogen) atoms. The van der Waals surface area contributed by atoms with Gasteiger partial charge in [-0.3, -0.25) is 9.59 Å². The number of anilines is 2. The van der Waals surface area contributed by atoms with Crippen molar-refractivity contribution < 1.29 is 18.7 Å². The summed E-state index contributed by atoms with van der Waals surface area (Å²) in [6.45, 7) is 2.31. The van der Waals surface area contributed by atoms with E-state index in [-0.39, 0.29) is 24.1 Å². The van der Waals surface area contributed by atoms with E-state index in [0.29, 0.717) is 23.5 Å². The number of benzene rings is 2. The van der Waals surface area contributed by atoms with Crippen LogP contribution >= 0.6 is 0 Å². The molecule has 0 aromatic heterocycles. The van der Waals surface area contributed by atoms with E-state index in [1.807, 2.05) is 6.92 Å². The minimum absolute atomic E-state index is 0.0445. The molecule has 0 saturated carbocycles. The van der Waals surface area contributed by atoms with E-state index in [0.717, 1.165) is 0 Å². The Hall–Kier alpha value is -3.09. The van der Waals surface area contributed by atoms with E-state index < -0.39 is 5.82 Å². The summed E-state index contributed by atoms with van der Waals surface area (Å²) in [4.78, 5) is 23.8. The summed E-state index contributed by atoms with van der Waals surface area (Å²) in [5.74, 6) is -0.894. The van der Waals surface area contributed by atoms with Crippen LogP contribution in [0.25, 0.3) is 0 Å². The van der Waals surface area contributed by atoms with Gasteiger partial charge < -0.3 is 20.7 Å². The fourth-order valence-electron chi connectivity index (χ4n) is 2.16. The summed E-state index contributed by atoms with van der Waals surface area (Å²) in [7, 11) is 1.38. The zero-order valence-electron chi connectivity index (χ0n) is 14.1. The van der Waals surface area contributed by atoms with Crippen LogP contribution in [0.4, 0.5) is 15.8 Å². The summed E-state index contributed by atoms with van der Waals surface area (Å²) in [6, 6.07) is 11.0. The molecule has 0 saturated heterocycles. The van der Waals surface area contributed by atoms with Crippen molar-refractivity contribution in [3.05, 3.63) is 53.8 Å². The smallest absolute Gasteiger partial charge is 0.251 e. The van der Waals surface area contributed by atoms with Crippen LogP contribution in [0.5, 0.6) is 5.75 Å². The zero-order valence-corrected chi connectivity index (χ0v) is 14.1. The molecule has 0 atom stereocenters. The van der Waals surface area contributed by atoms with Crippen molar-refractivity contribution in [1.82, 2.24) is 5.32 Å². The van der Waals surface area contributed by atoms with Crippen LogP contribution in [0.3, 0.4) is 0 Å². The molecule has 6 nitrogen and oxygen atoms in total. The van der Waals surface area contributed by atoms with Crippen LogP contribution in [0.2, 0.25) is 0 Å². The van der Waals surface area contributed by atoms with Crippen LogP contribution in [-0.2, 0) is 4.79 Å². The quantitative estimate of drug-likeness (QED) is 0.721. The van der Waals surface area contributed by atoms with Crippen molar-refractivity contribution in [3.63, 3.8) is 0 Å². The van der Waals surface area contributed by atoms with Gasteiger partial charge in [0.15, 0.2) is 11.6 Å². The van der Waals surface area contributed by atoms with Gasteiger partial charge in [-0.05, 0) is 37.3 Å². The predicted octanol–water partition coefficient (Wildman–Crippen LogP) is 2.63. The molecular weight excluding hydrogens is 325 g/mol. The van der Waals surface area contributed by atoms with Crippen molar-refractivity contribution in [2.24, 2.45) is 0 Å². The van der Waals surface area contributed by atoms with Gasteiger partial charge in [0.25, 0.3) is 5.91 Å². The van der Waals surface area contributed by atoms with Crippen molar-refractivity contribution in [2.45, 2.75) is 6.92 Å². The number of rotatable bonds is 7. The minimum Gasteiger partial charge on any atom is -0.494 e. The van der Waals surface area contributed by atoms with E-state index in [4.69, 9.17) is 4.74 Å². The average Bonchev–Trinajstić information content (AvgIpc) is 2.60. The molecule has 0 fully saturated rings. The van der Waals surface area contributed by atoms with Crippen molar-refractivity contribution in [1.29, 1.82) is 0 Å². The molecule has 7 heteroatoms. The lowest BCUT2D eigenvalue weighted by Crippen LogP contribution is -2.24. The standard InChI is InChI=1S/C18H20FN3O3/c1-3-20-18(24)12-5-4-6-14(9-12)22-17(23)11-21-13-7-8-16(25-2)15(19)10-13/h4-10,21H,3,11H2,1-2H3,(H,20,24)(H,22,23). The van der Waals surface area contributed by atoms with E-state index in [1.165, 1.54) is 19.2 Å². The lowest BCUT2D eigenvalue weighted by Gasteiger charge is -2.10. The molecule has 0 spiro atoms. The Balaban J connectivity index is 1.93. The molecule has 2 aromatic rings. The summed E-state index contributed by atoms with van der Waals surface area (Å²) < 4.78 is 18.4. The number of nitrogens with one attached hydrogen (secondary N) is 3. The number of carbonyl (C=O) groups is 2. The fourth-order valence-corrected chi connectivity index (χ4v) is 2.16. The third-order valence-corrected chi connectivity index (χ3v) is 3.35. The molecule has 2 aromatic carbocycles. The molecule has 0 aliphatic heterocycles. The summed E-state index contributed by atoms with van der Waals surface area (Å²) in [6.07, 6.45) is 0. The molecule has 2 amide bonds. The van der Waals surface area contributed by atoms with E-state index >= 15 is 0 Å². The van der Waals surface area contributed by atoms with Gasteiger partial charge in [-0.15, -0.1) is 0 Å².